The molecule has 0 aromatic carbocycles. The van der Waals surface area contributed by atoms with Crippen molar-refractivity contribution < 1.29 is 14.3 Å². The maximum atomic E-state index is 11.8. The molecule has 0 fully saturated rings. The van der Waals surface area contributed by atoms with Crippen LogP contribution < -0.4 is 22.1 Å². The number of ether oxygens (including phenoxy) is 1. The number of rotatable bonds is 5. The molecular formula is C14H20N6O4. The topological polar surface area (TPSA) is 152 Å². The lowest BCUT2D eigenvalue weighted by molar-refractivity contribution is -0.120. The van der Waals surface area contributed by atoms with Crippen LogP contribution in [0.4, 0.5) is 10.6 Å². The summed E-state index contributed by atoms with van der Waals surface area (Å²) in [7, 11) is 0. The Bertz CT molecular complexity index is 700. The summed E-state index contributed by atoms with van der Waals surface area (Å²) in [5, 5.41) is 13.7. The molecule has 2 amide bonds. The van der Waals surface area contributed by atoms with Crippen molar-refractivity contribution in [1.29, 1.82) is 5.26 Å². The number of anilines is 1. The zero-order valence-electron chi connectivity index (χ0n) is 13.7. The van der Waals surface area contributed by atoms with Crippen LogP contribution in [0.25, 0.3) is 0 Å². The van der Waals surface area contributed by atoms with E-state index in [0.29, 0.717) is 0 Å². The van der Waals surface area contributed by atoms with Gasteiger partial charge in [-0.25, -0.2) is 9.59 Å². The molecule has 0 aliphatic rings. The molecule has 10 nitrogen and oxygen atoms in total. The molecule has 1 aromatic rings. The highest BCUT2D eigenvalue weighted by atomic mass is 16.6. The first-order chi connectivity index (χ1) is 11.1. The molecule has 1 rings (SSSR count). The van der Waals surface area contributed by atoms with Crippen LogP contribution in [0, 0.1) is 11.3 Å². The number of nitriles is 1. The van der Waals surface area contributed by atoms with E-state index in [0.717, 1.165) is 4.57 Å². The number of alkyl carbamates (subject to hydrolysis) is 1. The molecule has 1 unspecified atom stereocenters. The first kappa shape index (κ1) is 19.0. The van der Waals surface area contributed by atoms with Gasteiger partial charge in [0.05, 0.1) is 12.6 Å². The van der Waals surface area contributed by atoms with E-state index in [1.54, 1.807) is 20.8 Å². The lowest BCUT2D eigenvalue weighted by atomic mass is 10.2. The van der Waals surface area contributed by atoms with E-state index in [9.17, 15) is 14.4 Å². The molecule has 0 radical (unpaired) electrons. The summed E-state index contributed by atoms with van der Waals surface area (Å²) >= 11 is 0. The molecule has 0 bridgehead atoms. The SMILES string of the molecule is CC(C)(C)OC(=O)NCC(=O)NC(C#N)Cn1ccc(N)nc1=O. The van der Waals surface area contributed by atoms with Gasteiger partial charge in [0.1, 0.15) is 24.0 Å². The highest BCUT2D eigenvalue weighted by Crippen LogP contribution is 2.06. The van der Waals surface area contributed by atoms with Crippen molar-refractivity contribution in [3.05, 3.63) is 22.7 Å². The van der Waals surface area contributed by atoms with E-state index < -0.39 is 29.3 Å². The van der Waals surface area contributed by atoms with Gasteiger partial charge in [0.2, 0.25) is 5.91 Å². The smallest absolute Gasteiger partial charge is 0.408 e. The molecule has 0 spiro atoms. The average Bonchev–Trinajstić information content (AvgIpc) is 2.45. The fraction of sp³-hybridized carbons (Fsp3) is 0.500. The first-order valence-corrected chi connectivity index (χ1v) is 7.09. The fourth-order valence-electron chi connectivity index (χ4n) is 1.61. The summed E-state index contributed by atoms with van der Waals surface area (Å²) in [6, 6.07) is 2.29. The molecule has 1 aromatic heterocycles. The Labute approximate surface area is 138 Å². The molecule has 10 heteroatoms. The standard InChI is InChI=1S/C14H20N6O4/c1-14(2,3)24-13(23)17-7-11(21)18-9(6-15)8-20-5-4-10(16)19-12(20)22/h4-5,9H,7-8H2,1-3H3,(H,17,23)(H,18,21)(H2,16,19,22). The molecule has 1 heterocycles. The molecule has 4 N–H and O–H groups in total. The second kappa shape index (κ2) is 7.96. The molecule has 0 aliphatic carbocycles. The Balaban J connectivity index is 2.53. The van der Waals surface area contributed by atoms with E-state index in [-0.39, 0.29) is 18.9 Å². The summed E-state index contributed by atoms with van der Waals surface area (Å²) in [4.78, 5) is 38.3. The quantitative estimate of drug-likeness (QED) is 0.646. The molecule has 1 atom stereocenters. The molecule has 0 saturated carbocycles. The van der Waals surface area contributed by atoms with E-state index in [1.807, 2.05) is 6.07 Å². The van der Waals surface area contributed by atoms with E-state index in [2.05, 4.69) is 15.6 Å². The minimum absolute atomic E-state index is 0.0651. The van der Waals surface area contributed by atoms with E-state index >= 15 is 0 Å². The Morgan fingerprint density at radius 2 is 2.17 bits per heavy atom. The second-order valence-electron chi connectivity index (χ2n) is 5.89. The van der Waals surface area contributed by atoms with Gasteiger partial charge in [-0.05, 0) is 26.8 Å². The first-order valence-electron chi connectivity index (χ1n) is 7.09. The summed E-state index contributed by atoms with van der Waals surface area (Å²) < 4.78 is 6.13. The predicted octanol–water partition coefficient (Wildman–Crippen LogP) is -0.641. The van der Waals surface area contributed by atoms with Crippen molar-refractivity contribution in [2.75, 3.05) is 12.3 Å². The summed E-state index contributed by atoms with van der Waals surface area (Å²) in [6.45, 7) is 4.62. The monoisotopic (exact) mass is 336 g/mol. The number of nitrogens with one attached hydrogen (secondary N) is 2. The van der Waals surface area contributed by atoms with Crippen molar-refractivity contribution in [2.24, 2.45) is 0 Å². The number of nitrogen functional groups attached to an aromatic ring is 1. The van der Waals surface area contributed by atoms with Crippen LogP contribution in [0.2, 0.25) is 0 Å². The second-order valence-corrected chi connectivity index (χ2v) is 5.89. The van der Waals surface area contributed by atoms with Crippen molar-refractivity contribution in [3.63, 3.8) is 0 Å². The average molecular weight is 336 g/mol. The molecule has 0 aliphatic heterocycles. The van der Waals surface area contributed by atoms with Gasteiger partial charge in [-0.3, -0.25) is 9.36 Å². The fourth-order valence-corrected chi connectivity index (χ4v) is 1.61. The molecule has 130 valence electrons. The zero-order valence-corrected chi connectivity index (χ0v) is 13.7. The Kier molecular flexibility index (Phi) is 6.29. The van der Waals surface area contributed by atoms with E-state index in [1.165, 1.54) is 12.3 Å². The minimum atomic E-state index is -0.971. The largest absolute Gasteiger partial charge is 0.444 e. The Morgan fingerprint density at radius 3 is 2.71 bits per heavy atom. The van der Waals surface area contributed by atoms with Gasteiger partial charge in [0, 0.05) is 6.20 Å². The highest BCUT2D eigenvalue weighted by molar-refractivity contribution is 5.82. The number of amides is 2. The number of nitrogens with zero attached hydrogens (tertiary/aromatic N) is 3. The third-order valence-electron chi connectivity index (χ3n) is 2.56. The number of carbonyl (C=O) groups excluding carboxylic acids is 2. The van der Waals surface area contributed by atoms with Crippen molar-refractivity contribution in [2.45, 2.75) is 39.0 Å². The maximum Gasteiger partial charge on any atom is 0.408 e. The van der Waals surface area contributed by atoms with Gasteiger partial charge in [-0.15, -0.1) is 0 Å². The van der Waals surface area contributed by atoms with Gasteiger partial charge in [0.15, 0.2) is 0 Å². The lowest BCUT2D eigenvalue weighted by Crippen LogP contribution is -2.45. The summed E-state index contributed by atoms with van der Waals surface area (Å²) in [5.74, 6) is -0.529. The van der Waals surface area contributed by atoms with Crippen LogP contribution >= 0.6 is 0 Å². The lowest BCUT2D eigenvalue weighted by Gasteiger charge is -2.19. The van der Waals surface area contributed by atoms with Gasteiger partial charge in [-0.1, -0.05) is 0 Å². The zero-order chi connectivity index (χ0) is 18.3. The van der Waals surface area contributed by atoms with Crippen LogP contribution in [0.15, 0.2) is 17.1 Å². The maximum absolute atomic E-state index is 11.8. The van der Waals surface area contributed by atoms with E-state index in [4.69, 9.17) is 15.7 Å². The Morgan fingerprint density at radius 1 is 1.50 bits per heavy atom. The van der Waals surface area contributed by atoms with Crippen molar-refractivity contribution in [3.8, 4) is 6.07 Å². The predicted molar refractivity (Wildman–Crippen MR) is 84.7 cm³/mol. The van der Waals surface area contributed by atoms with Crippen molar-refractivity contribution >= 4 is 17.8 Å². The van der Waals surface area contributed by atoms with Gasteiger partial charge in [-0.2, -0.15) is 10.2 Å². The molecule has 0 saturated heterocycles. The van der Waals surface area contributed by atoms with Gasteiger partial charge < -0.3 is 21.1 Å². The van der Waals surface area contributed by atoms with Gasteiger partial charge >= 0.3 is 11.8 Å². The van der Waals surface area contributed by atoms with Gasteiger partial charge in [0.25, 0.3) is 0 Å². The molecular weight excluding hydrogens is 316 g/mol. The van der Waals surface area contributed by atoms with Crippen LogP contribution in [0.1, 0.15) is 20.8 Å². The van der Waals surface area contributed by atoms with Crippen molar-refractivity contribution in [1.82, 2.24) is 20.2 Å². The van der Waals surface area contributed by atoms with Crippen LogP contribution in [-0.2, 0) is 16.1 Å². The number of aromatic nitrogens is 2. The van der Waals surface area contributed by atoms with Crippen LogP contribution in [-0.4, -0.2) is 39.7 Å². The number of carbonyl (C=O) groups is 2. The summed E-state index contributed by atoms with van der Waals surface area (Å²) in [5.41, 5.74) is 4.06. The third kappa shape index (κ3) is 6.78. The summed E-state index contributed by atoms with van der Waals surface area (Å²) in [6.07, 6.45) is 0.630. The minimum Gasteiger partial charge on any atom is -0.444 e. The highest BCUT2D eigenvalue weighted by Gasteiger charge is 2.18. The number of hydrogen-bond acceptors (Lipinski definition) is 7. The normalized spacial score (nSPS) is 11.9. The Hall–Kier alpha value is -3.09. The van der Waals surface area contributed by atoms with Crippen LogP contribution in [0.5, 0.6) is 0 Å². The number of hydrogen-bond donors (Lipinski definition) is 3. The van der Waals surface area contributed by atoms with Crippen LogP contribution in [0.3, 0.4) is 0 Å². The molecule has 24 heavy (non-hydrogen) atoms. The third-order valence-corrected chi connectivity index (χ3v) is 2.56. The number of nitrogens with two attached hydrogens (primary N) is 1.